The van der Waals surface area contributed by atoms with E-state index in [1.807, 2.05) is 19.1 Å². The van der Waals surface area contributed by atoms with Gasteiger partial charge < -0.3 is 11.6 Å². The summed E-state index contributed by atoms with van der Waals surface area (Å²) in [4.78, 5) is 0. The van der Waals surface area contributed by atoms with Crippen molar-refractivity contribution in [1.29, 1.82) is 0 Å². The number of hydrazone groups is 2. The second-order valence-electron chi connectivity index (χ2n) is 2.83. The molecule has 5 N–H and O–H groups in total. The molecule has 5 nitrogen and oxygen atoms in total. The molecule has 15 heavy (non-hydrogen) atoms. The van der Waals surface area contributed by atoms with Gasteiger partial charge in [0.05, 0.1) is 5.71 Å². The van der Waals surface area contributed by atoms with Crippen LogP contribution in [0.1, 0.15) is 12.5 Å². The van der Waals surface area contributed by atoms with E-state index in [4.69, 9.17) is 23.2 Å². The zero-order chi connectivity index (χ0) is 11.3. The highest BCUT2D eigenvalue weighted by molar-refractivity contribution is 6.30. The number of nitrogens with two attached hydrogens (primary N) is 2. The Kier molecular flexibility index (Phi) is 3.93. The molecule has 0 saturated carbocycles. The van der Waals surface area contributed by atoms with Gasteiger partial charge in [-0.05, 0) is 24.6 Å². The Morgan fingerprint density at radius 3 is 2.47 bits per heavy atom. The van der Waals surface area contributed by atoms with E-state index < -0.39 is 0 Å². The Morgan fingerprint density at radius 2 is 1.93 bits per heavy atom. The number of halogens is 1. The zero-order valence-electron chi connectivity index (χ0n) is 8.24. The van der Waals surface area contributed by atoms with E-state index in [1.54, 1.807) is 12.1 Å². The molecule has 0 unspecified atom stereocenters. The molecular formula is C9H12ClN5. The van der Waals surface area contributed by atoms with Crippen LogP contribution in [0.25, 0.3) is 0 Å². The Labute approximate surface area is 92.8 Å². The molecule has 0 aromatic heterocycles. The first kappa shape index (κ1) is 11.3. The normalized spacial score (nSPS) is 12.7. The third kappa shape index (κ3) is 3.47. The maximum absolute atomic E-state index is 5.76. The molecule has 0 spiro atoms. The second kappa shape index (κ2) is 5.21. The first-order valence-corrected chi connectivity index (χ1v) is 4.61. The number of rotatable bonds is 2. The van der Waals surface area contributed by atoms with E-state index in [-0.39, 0.29) is 5.96 Å². The van der Waals surface area contributed by atoms with Gasteiger partial charge in [0.1, 0.15) is 0 Å². The number of hydrogen-bond donors (Lipinski definition) is 3. The summed E-state index contributed by atoms with van der Waals surface area (Å²) >= 11 is 5.76. The van der Waals surface area contributed by atoms with E-state index in [0.29, 0.717) is 5.02 Å². The van der Waals surface area contributed by atoms with E-state index in [2.05, 4.69) is 15.6 Å². The minimum absolute atomic E-state index is 0.0586. The van der Waals surface area contributed by atoms with E-state index in [9.17, 15) is 0 Å². The molecule has 1 aromatic rings. The van der Waals surface area contributed by atoms with Crippen molar-refractivity contribution in [3.8, 4) is 0 Å². The van der Waals surface area contributed by atoms with Crippen LogP contribution in [-0.4, -0.2) is 11.7 Å². The number of hydrogen-bond acceptors (Lipinski definition) is 3. The Hall–Kier alpha value is -1.75. The van der Waals surface area contributed by atoms with Gasteiger partial charge in [0.15, 0.2) is 0 Å². The van der Waals surface area contributed by atoms with Crippen LogP contribution in [0.2, 0.25) is 5.02 Å². The van der Waals surface area contributed by atoms with E-state index in [1.165, 1.54) is 0 Å². The van der Waals surface area contributed by atoms with Crippen LogP contribution in [0.4, 0.5) is 0 Å². The summed E-state index contributed by atoms with van der Waals surface area (Å²) in [5, 5.41) is 7.89. The highest BCUT2D eigenvalue weighted by Gasteiger charge is 1.97. The van der Waals surface area contributed by atoms with Gasteiger partial charge in [-0.1, -0.05) is 23.7 Å². The van der Waals surface area contributed by atoms with Crippen LogP contribution < -0.4 is 17.0 Å². The fraction of sp³-hybridized carbons (Fsp3) is 0.111. The van der Waals surface area contributed by atoms with E-state index >= 15 is 0 Å². The van der Waals surface area contributed by atoms with Crippen LogP contribution in [-0.2, 0) is 0 Å². The predicted molar refractivity (Wildman–Crippen MR) is 62.6 cm³/mol. The molecule has 0 aliphatic carbocycles. The molecule has 0 radical (unpaired) electrons. The molecule has 0 aliphatic rings. The molecule has 0 amide bonds. The number of guanidine groups is 1. The first-order valence-electron chi connectivity index (χ1n) is 4.23. The predicted octanol–water partition coefficient (Wildman–Crippen LogP) is 0.842. The van der Waals surface area contributed by atoms with Crippen LogP contribution in [0.15, 0.2) is 34.5 Å². The highest BCUT2D eigenvalue weighted by Crippen LogP contribution is 2.09. The van der Waals surface area contributed by atoms with Crippen molar-refractivity contribution in [3.63, 3.8) is 0 Å². The molecule has 0 heterocycles. The molecule has 6 heteroatoms. The molecule has 0 fully saturated rings. The van der Waals surface area contributed by atoms with Gasteiger partial charge in [0.2, 0.25) is 5.96 Å². The number of nitrogens with zero attached hydrogens (tertiary/aromatic N) is 2. The number of benzene rings is 1. The summed E-state index contributed by atoms with van der Waals surface area (Å²) in [6, 6.07) is 7.30. The second-order valence-corrected chi connectivity index (χ2v) is 3.27. The quantitative estimate of drug-likeness (QED) is 0.302. The molecule has 80 valence electrons. The lowest BCUT2D eigenvalue weighted by Gasteiger charge is -2.02. The van der Waals surface area contributed by atoms with Crippen molar-refractivity contribution in [2.75, 3.05) is 0 Å². The number of nitrogens with one attached hydrogen (secondary N) is 1. The fourth-order valence-electron chi connectivity index (χ4n) is 0.926. The maximum Gasteiger partial charge on any atom is 0.231 e. The Balaban J connectivity index is 2.76. The maximum atomic E-state index is 5.76. The summed E-state index contributed by atoms with van der Waals surface area (Å²) in [5.41, 5.74) is 9.52. The van der Waals surface area contributed by atoms with Crippen molar-refractivity contribution in [2.24, 2.45) is 21.8 Å². The topological polar surface area (TPSA) is 88.8 Å². The monoisotopic (exact) mass is 225 g/mol. The summed E-state index contributed by atoms with van der Waals surface area (Å²) in [5.74, 6) is 4.99. The van der Waals surface area contributed by atoms with Gasteiger partial charge in [-0.3, -0.25) is 0 Å². The summed E-state index contributed by atoms with van der Waals surface area (Å²) in [7, 11) is 0. The SMILES string of the molecule is CC(=NNC(N)=NN)c1ccc(Cl)cc1. The highest BCUT2D eigenvalue weighted by atomic mass is 35.5. The largest absolute Gasteiger partial charge is 0.367 e. The van der Waals surface area contributed by atoms with E-state index in [0.717, 1.165) is 11.3 Å². The molecule has 1 aromatic carbocycles. The van der Waals surface area contributed by atoms with Crippen molar-refractivity contribution in [1.82, 2.24) is 5.43 Å². The van der Waals surface area contributed by atoms with Crippen molar-refractivity contribution < 1.29 is 0 Å². The third-order valence-corrected chi connectivity index (χ3v) is 1.99. The average Bonchev–Trinajstić information content (AvgIpc) is 2.26. The average molecular weight is 226 g/mol. The molecular weight excluding hydrogens is 214 g/mol. The molecule has 0 atom stereocenters. The standard InChI is InChI=1S/C9H12ClN5/c1-6(14-15-9(11)13-12)7-2-4-8(10)5-3-7/h2-5H,12H2,1H3,(H3,11,13,15). The Bertz CT molecular complexity index is 382. The van der Waals surface area contributed by atoms with Crippen molar-refractivity contribution >= 4 is 23.3 Å². The summed E-state index contributed by atoms with van der Waals surface area (Å²) in [6.07, 6.45) is 0. The van der Waals surface area contributed by atoms with Gasteiger partial charge >= 0.3 is 0 Å². The van der Waals surface area contributed by atoms with Crippen LogP contribution in [0.5, 0.6) is 0 Å². The van der Waals surface area contributed by atoms with Crippen LogP contribution in [0.3, 0.4) is 0 Å². The molecule has 0 saturated heterocycles. The fourth-order valence-corrected chi connectivity index (χ4v) is 1.05. The summed E-state index contributed by atoms with van der Waals surface area (Å²) < 4.78 is 0. The first-order chi connectivity index (χ1) is 7.13. The molecule has 0 aliphatic heterocycles. The lowest BCUT2D eigenvalue weighted by Crippen LogP contribution is -2.29. The summed E-state index contributed by atoms with van der Waals surface area (Å²) in [6.45, 7) is 1.83. The third-order valence-electron chi connectivity index (χ3n) is 1.74. The van der Waals surface area contributed by atoms with Gasteiger partial charge in [-0.25, -0.2) is 5.43 Å². The Morgan fingerprint density at radius 1 is 1.33 bits per heavy atom. The lowest BCUT2D eigenvalue weighted by atomic mass is 10.1. The van der Waals surface area contributed by atoms with Crippen LogP contribution >= 0.6 is 11.6 Å². The molecule has 0 bridgehead atoms. The van der Waals surface area contributed by atoms with Gasteiger partial charge in [0, 0.05) is 5.02 Å². The zero-order valence-corrected chi connectivity index (χ0v) is 8.99. The molecule has 1 rings (SSSR count). The minimum Gasteiger partial charge on any atom is -0.367 e. The van der Waals surface area contributed by atoms with Crippen LogP contribution in [0, 0.1) is 0 Å². The lowest BCUT2D eigenvalue weighted by molar-refractivity contribution is 0.983. The van der Waals surface area contributed by atoms with Gasteiger partial charge in [-0.2, -0.15) is 5.10 Å². The van der Waals surface area contributed by atoms with Gasteiger partial charge in [0.25, 0.3) is 0 Å². The van der Waals surface area contributed by atoms with Crippen molar-refractivity contribution in [3.05, 3.63) is 34.9 Å². The minimum atomic E-state index is 0.0586. The smallest absolute Gasteiger partial charge is 0.231 e. The van der Waals surface area contributed by atoms with Gasteiger partial charge in [-0.15, -0.1) is 5.10 Å². The van der Waals surface area contributed by atoms with Crippen molar-refractivity contribution in [2.45, 2.75) is 6.92 Å².